The lowest BCUT2D eigenvalue weighted by atomic mass is 10.1. The summed E-state index contributed by atoms with van der Waals surface area (Å²) < 4.78 is 0. The zero-order valence-corrected chi connectivity index (χ0v) is 17.1. The first-order valence-electron chi connectivity index (χ1n) is 9.19. The van der Waals surface area contributed by atoms with Crippen LogP contribution in [0.15, 0.2) is 42.5 Å². The van der Waals surface area contributed by atoms with E-state index in [9.17, 15) is 4.79 Å². The Morgan fingerprint density at radius 2 is 1.78 bits per heavy atom. The zero-order valence-electron chi connectivity index (χ0n) is 15.5. The summed E-state index contributed by atoms with van der Waals surface area (Å²) in [6.45, 7) is 5.89. The van der Waals surface area contributed by atoms with Crippen molar-refractivity contribution in [2.45, 2.75) is 19.5 Å². The van der Waals surface area contributed by atoms with E-state index in [2.05, 4.69) is 40.4 Å². The fourth-order valence-corrected chi connectivity index (χ4v) is 3.68. The molecule has 1 aliphatic heterocycles. The molecule has 1 fully saturated rings. The molecule has 2 aromatic carbocycles. The van der Waals surface area contributed by atoms with Crippen molar-refractivity contribution in [3.05, 3.63) is 69.2 Å². The summed E-state index contributed by atoms with van der Waals surface area (Å²) in [6.07, 6.45) is 0.247. The van der Waals surface area contributed by atoms with Gasteiger partial charge in [-0.25, -0.2) is 0 Å². The maximum atomic E-state index is 12.2. The molecule has 2 aromatic rings. The average molecular weight is 406 g/mol. The van der Waals surface area contributed by atoms with Crippen LogP contribution in [0.4, 0.5) is 0 Å². The molecule has 0 radical (unpaired) electrons. The Hall–Kier alpha value is -1.59. The number of amides is 1. The van der Waals surface area contributed by atoms with Gasteiger partial charge in [-0.05, 0) is 35.9 Å². The lowest BCUT2D eigenvalue weighted by molar-refractivity contribution is -0.120. The smallest absolute Gasteiger partial charge is 0.224 e. The third-order valence-corrected chi connectivity index (χ3v) is 5.44. The van der Waals surface area contributed by atoms with Crippen LogP contribution in [0.5, 0.6) is 0 Å². The van der Waals surface area contributed by atoms with Gasteiger partial charge in [0.05, 0.1) is 6.42 Å². The number of nitrogens with zero attached hydrogens (tertiary/aromatic N) is 2. The number of hydrogen-bond acceptors (Lipinski definition) is 3. The molecule has 1 saturated heterocycles. The van der Waals surface area contributed by atoms with Gasteiger partial charge in [0, 0.05) is 49.3 Å². The van der Waals surface area contributed by atoms with Crippen molar-refractivity contribution in [2.75, 3.05) is 33.2 Å². The molecular formula is C21H25Cl2N3O. The Bertz CT molecular complexity index is 789. The van der Waals surface area contributed by atoms with Gasteiger partial charge in [-0.2, -0.15) is 0 Å². The lowest BCUT2D eigenvalue weighted by Gasteiger charge is -2.32. The van der Waals surface area contributed by atoms with Crippen molar-refractivity contribution < 1.29 is 4.79 Å². The number of carbonyl (C=O) groups is 1. The van der Waals surface area contributed by atoms with E-state index in [0.717, 1.165) is 43.9 Å². The van der Waals surface area contributed by atoms with Crippen LogP contribution in [0.2, 0.25) is 10.0 Å². The number of likely N-dealkylation sites (N-methyl/N-ethyl adjacent to an activating group) is 1. The maximum absolute atomic E-state index is 12.2. The van der Waals surface area contributed by atoms with Crippen molar-refractivity contribution in [3.8, 4) is 0 Å². The van der Waals surface area contributed by atoms with E-state index < -0.39 is 0 Å². The molecule has 4 nitrogen and oxygen atoms in total. The Morgan fingerprint density at radius 3 is 2.52 bits per heavy atom. The molecule has 144 valence electrons. The van der Waals surface area contributed by atoms with E-state index in [1.165, 1.54) is 5.56 Å². The molecule has 0 spiro atoms. The Labute approximate surface area is 171 Å². The summed E-state index contributed by atoms with van der Waals surface area (Å²) in [7, 11) is 2.16. The van der Waals surface area contributed by atoms with E-state index in [0.29, 0.717) is 16.6 Å². The van der Waals surface area contributed by atoms with Gasteiger partial charge in [0.25, 0.3) is 0 Å². The highest BCUT2D eigenvalue weighted by Crippen LogP contribution is 2.21. The summed E-state index contributed by atoms with van der Waals surface area (Å²) in [4.78, 5) is 17.1. The van der Waals surface area contributed by atoms with Crippen LogP contribution in [0.1, 0.15) is 16.7 Å². The van der Waals surface area contributed by atoms with Crippen LogP contribution >= 0.6 is 23.2 Å². The minimum Gasteiger partial charge on any atom is -0.352 e. The van der Waals surface area contributed by atoms with Crippen LogP contribution in [-0.2, 0) is 24.3 Å². The molecule has 0 aromatic heterocycles. The van der Waals surface area contributed by atoms with E-state index in [1.807, 2.05) is 6.07 Å². The molecular weight excluding hydrogens is 381 g/mol. The first-order valence-corrected chi connectivity index (χ1v) is 9.94. The maximum Gasteiger partial charge on any atom is 0.224 e. The van der Waals surface area contributed by atoms with Crippen molar-refractivity contribution in [2.24, 2.45) is 0 Å². The first kappa shape index (κ1) is 20.2. The quantitative estimate of drug-likeness (QED) is 0.797. The SMILES string of the molecule is CN1CCN(Cc2cccc(CNC(=O)Cc3ccc(Cl)cc3Cl)c2)CC1. The molecule has 1 aliphatic rings. The summed E-state index contributed by atoms with van der Waals surface area (Å²) in [5, 5.41) is 4.07. The standard InChI is InChI=1S/C21H25Cl2N3O/c1-25-7-9-26(10-8-25)15-17-4-2-3-16(11-17)14-24-21(27)12-18-5-6-19(22)13-20(18)23/h2-6,11,13H,7-10,12,14-15H2,1H3,(H,24,27). The average Bonchev–Trinajstić information content (AvgIpc) is 2.65. The van der Waals surface area contributed by atoms with E-state index >= 15 is 0 Å². The summed E-state index contributed by atoms with van der Waals surface area (Å²) in [5.74, 6) is -0.0521. The molecule has 0 atom stereocenters. The first-order chi connectivity index (χ1) is 13.0. The molecule has 1 amide bonds. The fraction of sp³-hybridized carbons (Fsp3) is 0.381. The number of nitrogens with one attached hydrogen (secondary N) is 1. The van der Waals surface area contributed by atoms with Crippen LogP contribution in [0.25, 0.3) is 0 Å². The highest BCUT2D eigenvalue weighted by molar-refractivity contribution is 6.35. The number of rotatable bonds is 6. The molecule has 1 N–H and O–H groups in total. The topological polar surface area (TPSA) is 35.6 Å². The molecule has 0 aliphatic carbocycles. The normalized spacial score (nSPS) is 15.7. The van der Waals surface area contributed by atoms with Crippen LogP contribution < -0.4 is 5.32 Å². The highest BCUT2D eigenvalue weighted by Gasteiger charge is 2.14. The monoisotopic (exact) mass is 405 g/mol. The van der Waals surface area contributed by atoms with Crippen molar-refractivity contribution in [1.29, 1.82) is 0 Å². The Balaban J connectivity index is 1.51. The fourth-order valence-electron chi connectivity index (χ4n) is 3.20. The molecule has 1 heterocycles. The van der Waals surface area contributed by atoms with Gasteiger partial charge in [0.15, 0.2) is 0 Å². The van der Waals surface area contributed by atoms with Gasteiger partial charge in [0.2, 0.25) is 5.91 Å². The van der Waals surface area contributed by atoms with Gasteiger partial charge < -0.3 is 10.2 Å². The molecule has 0 saturated carbocycles. The molecule has 0 unspecified atom stereocenters. The number of benzene rings is 2. The van der Waals surface area contributed by atoms with Crippen LogP contribution in [-0.4, -0.2) is 48.9 Å². The van der Waals surface area contributed by atoms with Gasteiger partial charge in [-0.15, -0.1) is 0 Å². The lowest BCUT2D eigenvalue weighted by Crippen LogP contribution is -2.43. The summed E-state index contributed by atoms with van der Waals surface area (Å²) in [5.41, 5.74) is 3.17. The Kier molecular flexibility index (Phi) is 7.13. The van der Waals surface area contributed by atoms with E-state index in [-0.39, 0.29) is 12.3 Å². The van der Waals surface area contributed by atoms with Crippen LogP contribution in [0.3, 0.4) is 0 Å². The number of carbonyl (C=O) groups excluding carboxylic acids is 1. The van der Waals surface area contributed by atoms with Gasteiger partial charge in [-0.1, -0.05) is 53.5 Å². The molecule has 3 rings (SSSR count). The number of piperazine rings is 1. The van der Waals surface area contributed by atoms with Gasteiger partial charge >= 0.3 is 0 Å². The van der Waals surface area contributed by atoms with Gasteiger partial charge in [-0.3, -0.25) is 9.69 Å². The molecule has 27 heavy (non-hydrogen) atoms. The predicted molar refractivity (Wildman–Crippen MR) is 111 cm³/mol. The van der Waals surface area contributed by atoms with Crippen molar-refractivity contribution in [1.82, 2.24) is 15.1 Å². The predicted octanol–water partition coefficient (Wildman–Crippen LogP) is 3.60. The minimum absolute atomic E-state index is 0.0521. The Morgan fingerprint density at radius 1 is 1.04 bits per heavy atom. The highest BCUT2D eigenvalue weighted by atomic mass is 35.5. The summed E-state index contributed by atoms with van der Waals surface area (Å²) >= 11 is 12.0. The number of halogens is 2. The second-order valence-corrected chi connectivity index (χ2v) is 7.93. The second kappa shape index (κ2) is 9.56. The zero-order chi connectivity index (χ0) is 19.2. The largest absolute Gasteiger partial charge is 0.352 e. The van der Waals surface area contributed by atoms with Gasteiger partial charge in [0.1, 0.15) is 0 Å². The second-order valence-electron chi connectivity index (χ2n) is 7.09. The number of hydrogen-bond donors (Lipinski definition) is 1. The van der Waals surface area contributed by atoms with Crippen LogP contribution in [0, 0.1) is 0 Å². The molecule has 6 heteroatoms. The third-order valence-electron chi connectivity index (χ3n) is 4.85. The minimum atomic E-state index is -0.0521. The van der Waals surface area contributed by atoms with Crippen molar-refractivity contribution >= 4 is 29.1 Å². The van der Waals surface area contributed by atoms with E-state index in [1.54, 1.807) is 18.2 Å². The summed E-state index contributed by atoms with van der Waals surface area (Å²) in [6, 6.07) is 13.6. The third kappa shape index (κ3) is 6.22. The van der Waals surface area contributed by atoms with E-state index in [4.69, 9.17) is 23.2 Å². The molecule has 0 bridgehead atoms. The van der Waals surface area contributed by atoms with Crippen molar-refractivity contribution in [3.63, 3.8) is 0 Å².